The van der Waals surface area contributed by atoms with Crippen LogP contribution in [0.2, 0.25) is 15.1 Å². The van der Waals surface area contributed by atoms with Crippen molar-refractivity contribution in [2.45, 2.75) is 38.8 Å². The first-order valence-corrected chi connectivity index (χ1v) is 15.8. The summed E-state index contributed by atoms with van der Waals surface area (Å²) in [6.45, 7) is 1.90. The van der Waals surface area contributed by atoms with Gasteiger partial charge >= 0.3 is 0 Å². The Labute approximate surface area is 251 Å². The lowest BCUT2D eigenvalue weighted by atomic mass is 10.0. The molecular formula is C29H32Cl3N3O4S. The fourth-order valence-corrected chi connectivity index (χ4v) is 5.45. The van der Waals surface area contributed by atoms with E-state index in [0.29, 0.717) is 17.1 Å². The van der Waals surface area contributed by atoms with E-state index in [-0.39, 0.29) is 34.6 Å². The van der Waals surface area contributed by atoms with Crippen LogP contribution in [0.1, 0.15) is 30.9 Å². The Morgan fingerprint density at radius 2 is 1.57 bits per heavy atom. The summed E-state index contributed by atoms with van der Waals surface area (Å²) >= 11 is 18.6. The number of unbranched alkanes of at least 4 members (excludes halogenated alkanes) is 1. The number of sulfonamides is 1. The van der Waals surface area contributed by atoms with Crippen LogP contribution in [0.4, 0.5) is 5.69 Å². The number of nitrogens with one attached hydrogen (secondary N) is 1. The van der Waals surface area contributed by atoms with Crippen molar-refractivity contribution in [1.29, 1.82) is 0 Å². The molecule has 7 nitrogen and oxygen atoms in total. The Kier molecular flexibility index (Phi) is 11.7. The quantitative estimate of drug-likeness (QED) is 0.238. The maximum absolute atomic E-state index is 14.0. The molecule has 11 heteroatoms. The molecule has 2 amide bonds. The number of benzene rings is 3. The van der Waals surface area contributed by atoms with Gasteiger partial charge in [0, 0.05) is 24.5 Å². The van der Waals surface area contributed by atoms with Gasteiger partial charge in [-0.1, -0.05) is 96.7 Å². The number of hydrogen-bond donors (Lipinski definition) is 1. The number of carbonyl (C=O) groups excluding carboxylic acids is 2. The van der Waals surface area contributed by atoms with Crippen LogP contribution >= 0.6 is 34.8 Å². The Bertz CT molecular complexity index is 1420. The molecule has 0 radical (unpaired) electrons. The van der Waals surface area contributed by atoms with Crippen molar-refractivity contribution < 1.29 is 18.0 Å². The summed E-state index contributed by atoms with van der Waals surface area (Å²) in [7, 11) is -3.92. The lowest BCUT2D eigenvalue weighted by Crippen LogP contribution is -2.53. The third-order valence-electron chi connectivity index (χ3n) is 6.27. The second-order valence-electron chi connectivity index (χ2n) is 9.33. The number of nitrogens with zero attached hydrogens (tertiary/aromatic N) is 2. The summed E-state index contributed by atoms with van der Waals surface area (Å²) in [6, 6.07) is 19.8. The van der Waals surface area contributed by atoms with Crippen molar-refractivity contribution in [3.05, 3.63) is 99.0 Å². The highest BCUT2D eigenvalue weighted by Gasteiger charge is 2.33. The van der Waals surface area contributed by atoms with Crippen LogP contribution in [0.3, 0.4) is 0 Å². The number of halogens is 3. The SMILES string of the molecule is CCCCNC(=O)[C@@H](Cc1ccccc1)N(Cc1ccccc1Cl)C(=O)CN(c1ccc(Cl)c(Cl)c1)S(C)(=O)=O. The number of carbonyl (C=O) groups is 2. The van der Waals surface area contributed by atoms with Crippen LogP contribution in [0, 0.1) is 0 Å². The van der Waals surface area contributed by atoms with Crippen molar-refractivity contribution >= 4 is 62.3 Å². The fourth-order valence-electron chi connectivity index (χ4n) is 4.12. The third kappa shape index (κ3) is 8.86. The summed E-state index contributed by atoms with van der Waals surface area (Å²) < 4.78 is 26.6. The minimum atomic E-state index is -3.92. The van der Waals surface area contributed by atoms with Crippen molar-refractivity contribution in [3.63, 3.8) is 0 Å². The number of anilines is 1. The van der Waals surface area contributed by atoms with E-state index in [9.17, 15) is 18.0 Å². The molecule has 0 fully saturated rings. The average molecular weight is 625 g/mol. The molecule has 0 saturated heterocycles. The summed E-state index contributed by atoms with van der Waals surface area (Å²) in [5, 5.41) is 3.76. The van der Waals surface area contributed by atoms with Crippen LogP contribution in [-0.4, -0.2) is 50.5 Å². The first kappa shape index (κ1) is 31.7. The van der Waals surface area contributed by atoms with Gasteiger partial charge in [0.1, 0.15) is 12.6 Å². The molecule has 0 aromatic heterocycles. The highest BCUT2D eigenvalue weighted by atomic mass is 35.5. The van der Waals surface area contributed by atoms with Crippen LogP contribution in [0.5, 0.6) is 0 Å². The zero-order chi connectivity index (χ0) is 29.3. The third-order valence-corrected chi connectivity index (χ3v) is 8.52. The largest absolute Gasteiger partial charge is 0.354 e. The smallest absolute Gasteiger partial charge is 0.244 e. The maximum Gasteiger partial charge on any atom is 0.244 e. The molecule has 1 N–H and O–H groups in total. The van der Waals surface area contributed by atoms with Gasteiger partial charge in [0.2, 0.25) is 21.8 Å². The van der Waals surface area contributed by atoms with Crippen LogP contribution < -0.4 is 9.62 Å². The Morgan fingerprint density at radius 3 is 2.20 bits per heavy atom. The van der Waals surface area contributed by atoms with Crippen molar-refractivity contribution in [2.24, 2.45) is 0 Å². The summed E-state index contributed by atoms with van der Waals surface area (Å²) in [4.78, 5) is 29.0. The molecular weight excluding hydrogens is 593 g/mol. The van der Waals surface area contributed by atoms with Crippen molar-refractivity contribution in [3.8, 4) is 0 Å². The predicted octanol–water partition coefficient (Wildman–Crippen LogP) is 5.97. The molecule has 214 valence electrons. The van der Waals surface area contributed by atoms with Crippen LogP contribution in [-0.2, 0) is 32.6 Å². The second-order valence-corrected chi connectivity index (χ2v) is 12.5. The van der Waals surface area contributed by atoms with Gasteiger partial charge in [0.05, 0.1) is 22.0 Å². The van der Waals surface area contributed by atoms with Gasteiger partial charge in [-0.05, 0) is 41.8 Å². The van der Waals surface area contributed by atoms with E-state index in [4.69, 9.17) is 34.8 Å². The molecule has 0 unspecified atom stereocenters. The number of rotatable bonds is 13. The molecule has 0 aliphatic rings. The van der Waals surface area contributed by atoms with E-state index in [1.165, 1.54) is 23.1 Å². The zero-order valence-corrected chi connectivity index (χ0v) is 25.4. The zero-order valence-electron chi connectivity index (χ0n) is 22.3. The Balaban J connectivity index is 2.05. The van der Waals surface area contributed by atoms with Crippen LogP contribution in [0.25, 0.3) is 0 Å². The van der Waals surface area contributed by atoms with E-state index < -0.39 is 28.5 Å². The van der Waals surface area contributed by atoms with Gasteiger partial charge in [0.15, 0.2) is 0 Å². The molecule has 0 aliphatic heterocycles. The first-order chi connectivity index (χ1) is 19.0. The minimum Gasteiger partial charge on any atom is -0.354 e. The molecule has 40 heavy (non-hydrogen) atoms. The summed E-state index contributed by atoms with van der Waals surface area (Å²) in [6.07, 6.45) is 2.89. The summed E-state index contributed by atoms with van der Waals surface area (Å²) in [5.74, 6) is -0.916. The highest BCUT2D eigenvalue weighted by molar-refractivity contribution is 7.92. The van der Waals surface area contributed by atoms with Gasteiger partial charge in [0.25, 0.3) is 0 Å². The van der Waals surface area contributed by atoms with E-state index in [1.807, 2.05) is 37.3 Å². The number of hydrogen-bond acceptors (Lipinski definition) is 4. The Morgan fingerprint density at radius 1 is 0.900 bits per heavy atom. The van der Waals surface area contributed by atoms with E-state index in [0.717, 1.165) is 29.0 Å². The van der Waals surface area contributed by atoms with Gasteiger partial charge < -0.3 is 10.2 Å². The lowest BCUT2D eigenvalue weighted by molar-refractivity contribution is -0.140. The van der Waals surface area contributed by atoms with Gasteiger partial charge in [-0.15, -0.1) is 0 Å². The summed E-state index contributed by atoms with van der Waals surface area (Å²) in [5.41, 5.74) is 1.65. The maximum atomic E-state index is 14.0. The molecule has 0 heterocycles. The normalized spacial score (nSPS) is 12.0. The molecule has 3 rings (SSSR count). The number of amides is 2. The highest BCUT2D eigenvalue weighted by Crippen LogP contribution is 2.29. The molecule has 1 atom stereocenters. The van der Waals surface area contributed by atoms with E-state index in [1.54, 1.807) is 24.3 Å². The van der Waals surface area contributed by atoms with Gasteiger partial charge in [-0.3, -0.25) is 13.9 Å². The van der Waals surface area contributed by atoms with Gasteiger partial charge in [-0.2, -0.15) is 0 Å². The molecule has 0 spiro atoms. The molecule has 3 aromatic carbocycles. The fraction of sp³-hybridized carbons (Fsp3) is 0.310. The first-order valence-electron chi connectivity index (χ1n) is 12.8. The Hall–Kier alpha value is -2.78. The molecule has 3 aromatic rings. The predicted molar refractivity (Wildman–Crippen MR) is 163 cm³/mol. The minimum absolute atomic E-state index is 0.00379. The lowest BCUT2D eigenvalue weighted by Gasteiger charge is -2.33. The monoisotopic (exact) mass is 623 g/mol. The standard InChI is InChI=1S/C29H32Cl3N3O4S/c1-3-4-16-33-29(37)27(17-21-10-6-5-7-11-21)34(19-22-12-8-9-13-24(22)30)28(36)20-35(40(2,38)39)23-14-15-25(31)26(32)18-23/h5-15,18,27H,3-4,16-17,19-20H2,1-2H3,(H,33,37)/t27-/m1/s1. The second kappa shape index (κ2) is 14.7. The molecule has 0 saturated carbocycles. The van der Waals surface area contributed by atoms with Gasteiger partial charge in [-0.25, -0.2) is 8.42 Å². The van der Waals surface area contributed by atoms with Crippen LogP contribution in [0.15, 0.2) is 72.8 Å². The topological polar surface area (TPSA) is 86.8 Å². The van der Waals surface area contributed by atoms with E-state index in [2.05, 4.69) is 5.32 Å². The average Bonchev–Trinajstić information content (AvgIpc) is 2.91. The molecule has 0 bridgehead atoms. The van der Waals surface area contributed by atoms with Crippen molar-refractivity contribution in [2.75, 3.05) is 23.7 Å². The van der Waals surface area contributed by atoms with Crippen molar-refractivity contribution in [1.82, 2.24) is 10.2 Å². The van der Waals surface area contributed by atoms with E-state index >= 15 is 0 Å². The molecule has 0 aliphatic carbocycles.